The Morgan fingerprint density at radius 2 is 2.00 bits per heavy atom. The first-order chi connectivity index (χ1) is 10.2. The van der Waals surface area contributed by atoms with Gasteiger partial charge in [0.1, 0.15) is 11.9 Å². The van der Waals surface area contributed by atoms with Crippen molar-refractivity contribution < 1.29 is 9.63 Å². The summed E-state index contributed by atoms with van der Waals surface area (Å²) in [6.45, 7) is 0.288. The molecule has 0 spiro atoms. The lowest BCUT2D eigenvalue weighted by molar-refractivity contribution is -0.132. The van der Waals surface area contributed by atoms with Crippen molar-refractivity contribution in [2.75, 3.05) is 18.6 Å². The quantitative estimate of drug-likeness (QED) is 0.781. The molecule has 110 valence electrons. The molecule has 6 heteroatoms. The summed E-state index contributed by atoms with van der Waals surface area (Å²) in [6, 6.07) is 14.5. The number of pyridine rings is 1. The third kappa shape index (κ3) is 4.01. The SMILES string of the molecule is CONC(=O)C(N)CN(c1ccccc1)c1ccccn1. The summed E-state index contributed by atoms with van der Waals surface area (Å²) in [4.78, 5) is 22.5. The summed E-state index contributed by atoms with van der Waals surface area (Å²) in [6.07, 6.45) is 1.70. The number of aromatic nitrogens is 1. The molecule has 0 aliphatic rings. The van der Waals surface area contributed by atoms with Crippen LogP contribution < -0.4 is 16.1 Å². The molecule has 0 bridgehead atoms. The molecule has 1 aromatic heterocycles. The summed E-state index contributed by atoms with van der Waals surface area (Å²) in [5.74, 6) is 0.346. The predicted octanol–water partition coefficient (Wildman–Crippen LogP) is 1.22. The van der Waals surface area contributed by atoms with Crippen LogP contribution in [0.5, 0.6) is 0 Å². The Morgan fingerprint density at radius 1 is 1.29 bits per heavy atom. The molecular weight excluding hydrogens is 268 g/mol. The second-order valence-corrected chi connectivity index (χ2v) is 4.41. The van der Waals surface area contributed by atoms with Gasteiger partial charge in [0.25, 0.3) is 5.91 Å². The van der Waals surface area contributed by atoms with Crippen molar-refractivity contribution in [3.05, 3.63) is 54.7 Å². The molecule has 21 heavy (non-hydrogen) atoms. The standard InChI is InChI=1S/C15H18N4O2/c1-21-18-15(20)13(16)11-19(12-7-3-2-4-8-12)14-9-5-6-10-17-14/h2-10,13H,11,16H2,1H3,(H,18,20). The number of carbonyl (C=O) groups is 1. The number of nitrogens with one attached hydrogen (secondary N) is 1. The van der Waals surface area contributed by atoms with Crippen LogP contribution in [0.4, 0.5) is 11.5 Å². The Balaban J connectivity index is 2.23. The molecular formula is C15H18N4O2. The number of carbonyl (C=O) groups excluding carboxylic acids is 1. The fourth-order valence-corrected chi connectivity index (χ4v) is 1.91. The first-order valence-electron chi connectivity index (χ1n) is 6.54. The van der Waals surface area contributed by atoms with E-state index in [4.69, 9.17) is 5.73 Å². The number of nitrogens with zero attached hydrogens (tertiary/aromatic N) is 2. The van der Waals surface area contributed by atoms with Crippen LogP contribution in [0.15, 0.2) is 54.7 Å². The van der Waals surface area contributed by atoms with Crippen molar-refractivity contribution in [3.63, 3.8) is 0 Å². The van der Waals surface area contributed by atoms with Gasteiger partial charge >= 0.3 is 0 Å². The second kappa shape index (κ2) is 7.37. The number of amides is 1. The van der Waals surface area contributed by atoms with Crippen LogP contribution in [-0.4, -0.2) is 30.6 Å². The Hall–Kier alpha value is -2.44. The van der Waals surface area contributed by atoms with Crippen LogP contribution in [0.3, 0.4) is 0 Å². The monoisotopic (exact) mass is 286 g/mol. The van der Waals surface area contributed by atoms with Gasteiger partial charge in [0.2, 0.25) is 0 Å². The zero-order valence-corrected chi connectivity index (χ0v) is 11.8. The van der Waals surface area contributed by atoms with Gasteiger partial charge < -0.3 is 10.6 Å². The highest BCUT2D eigenvalue weighted by molar-refractivity contribution is 5.81. The normalized spacial score (nSPS) is 11.7. The van der Waals surface area contributed by atoms with Gasteiger partial charge in [-0.15, -0.1) is 0 Å². The van der Waals surface area contributed by atoms with E-state index in [2.05, 4.69) is 15.3 Å². The maximum atomic E-state index is 11.7. The Bertz CT molecular complexity index is 523. The molecule has 0 radical (unpaired) electrons. The number of anilines is 2. The maximum Gasteiger partial charge on any atom is 0.262 e. The van der Waals surface area contributed by atoms with Crippen molar-refractivity contribution in [1.29, 1.82) is 0 Å². The van der Waals surface area contributed by atoms with E-state index in [1.807, 2.05) is 53.4 Å². The van der Waals surface area contributed by atoms with Gasteiger partial charge in [0.15, 0.2) is 0 Å². The minimum absolute atomic E-state index is 0.288. The maximum absolute atomic E-state index is 11.7. The fraction of sp³-hybridized carbons (Fsp3) is 0.200. The third-order valence-corrected chi connectivity index (χ3v) is 2.91. The zero-order chi connectivity index (χ0) is 15.1. The average Bonchev–Trinajstić information content (AvgIpc) is 2.54. The van der Waals surface area contributed by atoms with Gasteiger partial charge in [-0.2, -0.15) is 0 Å². The fourth-order valence-electron chi connectivity index (χ4n) is 1.91. The van der Waals surface area contributed by atoms with Gasteiger partial charge in [-0.1, -0.05) is 24.3 Å². The first-order valence-corrected chi connectivity index (χ1v) is 6.54. The minimum atomic E-state index is -0.743. The Morgan fingerprint density at radius 3 is 2.62 bits per heavy atom. The van der Waals surface area contributed by atoms with Gasteiger partial charge in [-0.25, -0.2) is 10.5 Å². The lowest BCUT2D eigenvalue weighted by Gasteiger charge is -2.26. The topological polar surface area (TPSA) is 80.5 Å². The van der Waals surface area contributed by atoms with Gasteiger partial charge in [0, 0.05) is 18.4 Å². The Kier molecular flexibility index (Phi) is 5.25. The third-order valence-electron chi connectivity index (χ3n) is 2.91. The van der Waals surface area contributed by atoms with E-state index in [1.54, 1.807) is 6.20 Å². The summed E-state index contributed by atoms with van der Waals surface area (Å²) >= 11 is 0. The van der Waals surface area contributed by atoms with E-state index in [1.165, 1.54) is 7.11 Å². The van der Waals surface area contributed by atoms with Crippen LogP contribution in [0, 0.1) is 0 Å². The van der Waals surface area contributed by atoms with Gasteiger partial charge in [-0.05, 0) is 24.3 Å². The molecule has 1 aromatic carbocycles. The summed E-state index contributed by atoms with van der Waals surface area (Å²) in [7, 11) is 1.37. The van der Waals surface area contributed by atoms with Crippen molar-refractivity contribution >= 4 is 17.4 Å². The molecule has 0 saturated heterocycles. The average molecular weight is 286 g/mol. The number of nitrogens with two attached hydrogens (primary N) is 1. The predicted molar refractivity (Wildman–Crippen MR) is 80.8 cm³/mol. The number of hydrogen-bond donors (Lipinski definition) is 2. The molecule has 0 saturated carbocycles. The lowest BCUT2D eigenvalue weighted by atomic mass is 10.2. The van der Waals surface area contributed by atoms with E-state index in [0.717, 1.165) is 11.5 Å². The van der Waals surface area contributed by atoms with E-state index in [0.29, 0.717) is 0 Å². The second-order valence-electron chi connectivity index (χ2n) is 4.41. The summed E-state index contributed by atoms with van der Waals surface area (Å²) < 4.78 is 0. The number of benzene rings is 1. The van der Waals surface area contributed by atoms with Crippen molar-refractivity contribution in [1.82, 2.24) is 10.5 Å². The number of hydroxylamine groups is 1. The molecule has 1 unspecified atom stereocenters. The molecule has 1 heterocycles. The van der Waals surface area contributed by atoms with Crippen molar-refractivity contribution in [2.24, 2.45) is 5.73 Å². The summed E-state index contributed by atoms with van der Waals surface area (Å²) in [5.41, 5.74) is 9.07. The van der Waals surface area contributed by atoms with Crippen LogP contribution in [0.25, 0.3) is 0 Å². The van der Waals surface area contributed by atoms with Crippen LogP contribution in [0.1, 0.15) is 0 Å². The smallest absolute Gasteiger partial charge is 0.262 e. The molecule has 6 nitrogen and oxygen atoms in total. The molecule has 2 aromatic rings. The number of rotatable bonds is 6. The van der Waals surface area contributed by atoms with E-state index in [-0.39, 0.29) is 12.5 Å². The summed E-state index contributed by atoms with van der Waals surface area (Å²) in [5, 5.41) is 0. The van der Waals surface area contributed by atoms with Crippen LogP contribution >= 0.6 is 0 Å². The molecule has 2 rings (SSSR count). The molecule has 1 amide bonds. The van der Waals surface area contributed by atoms with Crippen LogP contribution in [-0.2, 0) is 9.63 Å². The molecule has 0 aliphatic carbocycles. The number of hydrogen-bond acceptors (Lipinski definition) is 5. The number of para-hydroxylation sites is 1. The zero-order valence-electron chi connectivity index (χ0n) is 11.8. The van der Waals surface area contributed by atoms with E-state index < -0.39 is 6.04 Å². The highest BCUT2D eigenvalue weighted by Gasteiger charge is 2.19. The van der Waals surface area contributed by atoms with Crippen molar-refractivity contribution in [3.8, 4) is 0 Å². The lowest BCUT2D eigenvalue weighted by Crippen LogP contribution is -2.47. The Labute approximate surface area is 123 Å². The van der Waals surface area contributed by atoms with E-state index >= 15 is 0 Å². The molecule has 0 fully saturated rings. The minimum Gasteiger partial charge on any atom is -0.324 e. The van der Waals surface area contributed by atoms with Crippen molar-refractivity contribution in [2.45, 2.75) is 6.04 Å². The molecule has 3 N–H and O–H groups in total. The highest BCUT2D eigenvalue weighted by atomic mass is 16.6. The molecule has 1 atom stereocenters. The first kappa shape index (κ1) is 15.0. The van der Waals surface area contributed by atoms with Crippen LogP contribution in [0.2, 0.25) is 0 Å². The largest absolute Gasteiger partial charge is 0.324 e. The van der Waals surface area contributed by atoms with E-state index in [9.17, 15) is 4.79 Å². The van der Waals surface area contributed by atoms with Gasteiger partial charge in [-0.3, -0.25) is 9.63 Å². The van der Waals surface area contributed by atoms with Gasteiger partial charge in [0.05, 0.1) is 7.11 Å². The highest BCUT2D eigenvalue weighted by Crippen LogP contribution is 2.22. The molecule has 0 aliphatic heterocycles.